The first kappa shape index (κ1) is 18.8. The van der Waals surface area contributed by atoms with E-state index in [1.807, 2.05) is 24.3 Å². The topological polar surface area (TPSA) is 101 Å². The van der Waals surface area contributed by atoms with Crippen LogP contribution in [0, 0.1) is 5.82 Å². The van der Waals surface area contributed by atoms with Crippen LogP contribution in [-0.4, -0.2) is 42.3 Å². The Morgan fingerprint density at radius 3 is 2.91 bits per heavy atom. The number of rotatable bonds is 3. The van der Waals surface area contributed by atoms with Gasteiger partial charge in [0.05, 0.1) is 34.6 Å². The fourth-order valence-corrected chi connectivity index (χ4v) is 4.97. The predicted octanol–water partition coefficient (Wildman–Crippen LogP) is 4.00. The van der Waals surface area contributed by atoms with Crippen molar-refractivity contribution in [3.63, 3.8) is 0 Å². The van der Waals surface area contributed by atoms with Crippen LogP contribution >= 0.6 is 11.3 Å². The summed E-state index contributed by atoms with van der Waals surface area (Å²) in [6.45, 7) is 0.472. The van der Waals surface area contributed by atoms with E-state index < -0.39 is 11.9 Å². The average Bonchev–Trinajstić information content (AvgIpc) is 3.57. The highest BCUT2D eigenvalue weighted by molar-refractivity contribution is 7.18. The van der Waals surface area contributed by atoms with E-state index in [1.54, 1.807) is 11.2 Å². The first-order valence-electron chi connectivity index (χ1n) is 9.94. The highest BCUT2D eigenvalue weighted by atomic mass is 32.1. The Hall–Kier alpha value is -3.92. The molecule has 1 N–H and O–H groups in total. The van der Waals surface area contributed by atoms with Gasteiger partial charge in [0, 0.05) is 18.7 Å². The Labute approximate surface area is 184 Å². The molecule has 1 atom stereocenters. The van der Waals surface area contributed by atoms with Crippen molar-refractivity contribution in [2.45, 2.75) is 12.5 Å². The van der Waals surface area contributed by atoms with Crippen molar-refractivity contribution in [1.82, 2.24) is 29.8 Å². The van der Waals surface area contributed by atoms with Crippen LogP contribution in [-0.2, 0) is 6.42 Å². The van der Waals surface area contributed by atoms with E-state index in [2.05, 4.69) is 19.9 Å². The number of para-hydroxylation sites is 1. The molecule has 6 rings (SSSR count). The van der Waals surface area contributed by atoms with Crippen molar-refractivity contribution in [3.05, 3.63) is 83.1 Å². The number of pyridine rings is 1. The summed E-state index contributed by atoms with van der Waals surface area (Å²) in [6, 6.07) is 10.1. The Morgan fingerprint density at radius 2 is 2.06 bits per heavy atom. The predicted molar refractivity (Wildman–Crippen MR) is 114 cm³/mol. The minimum absolute atomic E-state index is 0.0798. The highest BCUT2D eigenvalue weighted by Crippen LogP contribution is 2.38. The van der Waals surface area contributed by atoms with Crippen molar-refractivity contribution in [1.29, 1.82) is 0 Å². The van der Waals surface area contributed by atoms with Crippen LogP contribution in [0.15, 0.2) is 59.5 Å². The molecule has 32 heavy (non-hydrogen) atoms. The lowest BCUT2D eigenvalue weighted by Gasteiger charge is -2.33. The zero-order chi connectivity index (χ0) is 21.7. The van der Waals surface area contributed by atoms with Crippen LogP contribution in [0.1, 0.15) is 33.0 Å². The summed E-state index contributed by atoms with van der Waals surface area (Å²) in [4.78, 5) is 35.8. The molecule has 0 unspecified atom stereocenters. The second-order valence-corrected chi connectivity index (χ2v) is 8.39. The molecule has 5 aromatic rings. The Balaban J connectivity index is 1.38. The molecule has 0 spiro atoms. The van der Waals surface area contributed by atoms with E-state index in [1.165, 1.54) is 29.7 Å². The van der Waals surface area contributed by atoms with E-state index in [0.29, 0.717) is 18.7 Å². The smallest absolute Gasteiger partial charge is 0.292 e. The van der Waals surface area contributed by atoms with Gasteiger partial charge >= 0.3 is 0 Å². The second-order valence-electron chi connectivity index (χ2n) is 7.33. The SMILES string of the molecule is O=C(c1cnc(-c2ccc(F)cn2)o1)N1CCc2[nH]cnc2[C@H]1c1nc2ccccc2s1. The number of amides is 1. The van der Waals surface area contributed by atoms with E-state index in [0.717, 1.165) is 32.8 Å². The zero-order valence-corrected chi connectivity index (χ0v) is 17.3. The number of hydrogen-bond acceptors (Lipinski definition) is 7. The quantitative estimate of drug-likeness (QED) is 0.450. The molecule has 0 radical (unpaired) electrons. The number of nitrogens with one attached hydrogen (secondary N) is 1. The first-order chi connectivity index (χ1) is 15.7. The number of carbonyl (C=O) groups is 1. The molecule has 0 fully saturated rings. The van der Waals surface area contributed by atoms with Gasteiger partial charge in [0.1, 0.15) is 22.6 Å². The molecule has 0 aliphatic carbocycles. The van der Waals surface area contributed by atoms with Gasteiger partial charge < -0.3 is 14.3 Å². The van der Waals surface area contributed by atoms with Gasteiger partial charge in [0.25, 0.3) is 5.91 Å². The van der Waals surface area contributed by atoms with Gasteiger partial charge in [-0.1, -0.05) is 12.1 Å². The van der Waals surface area contributed by atoms with Crippen molar-refractivity contribution in [3.8, 4) is 11.6 Å². The molecular weight excluding hydrogens is 431 g/mol. The van der Waals surface area contributed by atoms with Gasteiger partial charge in [-0.15, -0.1) is 11.3 Å². The Bertz CT molecular complexity index is 1410. The average molecular weight is 446 g/mol. The first-order valence-corrected chi connectivity index (χ1v) is 10.8. The standard InChI is InChI=1S/C22H15FN6O2S/c23-12-5-6-15(24-9-12)20-25-10-16(31-20)22(30)29-8-7-14-18(27-11-26-14)19(29)21-28-13-3-1-2-4-17(13)32-21/h1-6,9-11,19H,7-8H2,(H,26,27)/t19-/m0/s1. The van der Waals surface area contributed by atoms with Crippen molar-refractivity contribution in [2.24, 2.45) is 0 Å². The normalized spacial score (nSPS) is 15.8. The molecule has 10 heteroatoms. The molecule has 8 nitrogen and oxygen atoms in total. The maximum absolute atomic E-state index is 13.5. The van der Waals surface area contributed by atoms with Crippen LogP contribution in [0.3, 0.4) is 0 Å². The van der Waals surface area contributed by atoms with Crippen molar-refractivity contribution >= 4 is 27.5 Å². The number of benzene rings is 1. The van der Waals surface area contributed by atoms with Crippen LogP contribution in [0.5, 0.6) is 0 Å². The van der Waals surface area contributed by atoms with E-state index in [9.17, 15) is 9.18 Å². The lowest BCUT2D eigenvalue weighted by atomic mass is 10.0. The second kappa shape index (κ2) is 7.34. The molecule has 158 valence electrons. The summed E-state index contributed by atoms with van der Waals surface area (Å²) in [5, 5.41) is 0.785. The van der Waals surface area contributed by atoms with Crippen LogP contribution in [0.2, 0.25) is 0 Å². The molecule has 4 aromatic heterocycles. The van der Waals surface area contributed by atoms with Crippen molar-refractivity contribution in [2.75, 3.05) is 6.54 Å². The van der Waals surface area contributed by atoms with Gasteiger partial charge in [-0.25, -0.2) is 24.3 Å². The number of H-pyrrole nitrogens is 1. The Morgan fingerprint density at radius 1 is 1.16 bits per heavy atom. The number of fused-ring (bicyclic) bond motifs is 2. The summed E-state index contributed by atoms with van der Waals surface area (Å²) < 4.78 is 19.9. The summed E-state index contributed by atoms with van der Waals surface area (Å²) in [5.74, 6) is -0.541. The maximum atomic E-state index is 13.5. The minimum atomic E-state index is -0.460. The zero-order valence-electron chi connectivity index (χ0n) is 16.5. The molecule has 5 heterocycles. The minimum Gasteiger partial charge on any atom is -0.429 e. The number of imidazole rings is 1. The van der Waals surface area contributed by atoms with Crippen molar-refractivity contribution < 1.29 is 13.6 Å². The molecule has 0 saturated heterocycles. The summed E-state index contributed by atoms with van der Waals surface area (Å²) in [7, 11) is 0. The number of aromatic amines is 1. The molecule has 1 aromatic carbocycles. The largest absolute Gasteiger partial charge is 0.429 e. The summed E-state index contributed by atoms with van der Waals surface area (Å²) >= 11 is 1.54. The number of thiazole rings is 1. The third-order valence-electron chi connectivity index (χ3n) is 5.39. The number of oxazole rings is 1. The van der Waals surface area contributed by atoms with Crippen LogP contribution < -0.4 is 0 Å². The van der Waals surface area contributed by atoms with Gasteiger partial charge in [-0.05, 0) is 24.3 Å². The van der Waals surface area contributed by atoms with Crippen LogP contribution in [0.4, 0.5) is 4.39 Å². The summed E-state index contributed by atoms with van der Waals surface area (Å²) in [5.41, 5.74) is 3.00. The number of hydrogen-bond donors (Lipinski definition) is 1. The molecular formula is C22H15FN6O2S. The van der Waals surface area contributed by atoms with E-state index >= 15 is 0 Å². The molecule has 0 bridgehead atoms. The van der Waals surface area contributed by atoms with Crippen LogP contribution in [0.25, 0.3) is 21.8 Å². The van der Waals surface area contributed by atoms with Gasteiger partial charge in [0.2, 0.25) is 11.7 Å². The Kier molecular flexibility index (Phi) is 4.32. The molecule has 1 amide bonds. The third kappa shape index (κ3) is 3.07. The number of halogens is 1. The fraction of sp³-hybridized carbons (Fsp3) is 0.136. The van der Waals surface area contributed by atoms with E-state index in [-0.39, 0.29) is 17.6 Å². The third-order valence-corrected chi connectivity index (χ3v) is 6.48. The molecule has 1 aliphatic rings. The van der Waals surface area contributed by atoms with Gasteiger partial charge in [-0.3, -0.25) is 4.79 Å². The molecule has 0 saturated carbocycles. The fourth-order valence-electron chi connectivity index (χ4n) is 3.89. The number of carbonyl (C=O) groups excluding carboxylic acids is 1. The highest BCUT2D eigenvalue weighted by Gasteiger charge is 2.37. The number of aromatic nitrogens is 5. The summed E-state index contributed by atoms with van der Waals surface area (Å²) in [6.07, 6.45) is 4.74. The van der Waals surface area contributed by atoms with Gasteiger partial charge in [0.15, 0.2) is 0 Å². The lowest BCUT2D eigenvalue weighted by molar-refractivity contribution is 0.0658. The monoisotopic (exact) mass is 446 g/mol. The molecule has 1 aliphatic heterocycles. The number of nitrogens with zero attached hydrogens (tertiary/aromatic N) is 5. The maximum Gasteiger partial charge on any atom is 0.292 e. The lowest BCUT2D eigenvalue weighted by Crippen LogP contribution is -2.40. The van der Waals surface area contributed by atoms with E-state index in [4.69, 9.17) is 9.40 Å². The van der Waals surface area contributed by atoms with Gasteiger partial charge in [-0.2, -0.15) is 0 Å².